The van der Waals surface area contributed by atoms with Crippen molar-refractivity contribution in [2.24, 2.45) is 11.8 Å². The van der Waals surface area contributed by atoms with Crippen molar-refractivity contribution >= 4 is 6.09 Å². The van der Waals surface area contributed by atoms with E-state index in [1.165, 1.54) is 38.9 Å². The van der Waals surface area contributed by atoms with Gasteiger partial charge in [0.15, 0.2) is 0 Å². The van der Waals surface area contributed by atoms with E-state index >= 15 is 0 Å². The zero-order valence-corrected chi connectivity index (χ0v) is 17.9. The van der Waals surface area contributed by atoms with Crippen molar-refractivity contribution in [2.45, 2.75) is 58.6 Å². The Hall–Kier alpha value is -0.850. The Morgan fingerprint density at radius 2 is 1.85 bits per heavy atom. The van der Waals surface area contributed by atoms with Crippen LogP contribution in [-0.2, 0) is 4.74 Å². The lowest BCUT2D eigenvalue weighted by Crippen LogP contribution is -2.60. The summed E-state index contributed by atoms with van der Waals surface area (Å²) in [4.78, 5) is 19.5. The fourth-order valence-corrected chi connectivity index (χ4v) is 4.88. The molecule has 0 aromatic rings. The molecule has 0 saturated carbocycles. The lowest BCUT2D eigenvalue weighted by Gasteiger charge is -2.46. The van der Waals surface area contributed by atoms with Gasteiger partial charge in [-0.3, -0.25) is 4.90 Å². The van der Waals surface area contributed by atoms with Gasteiger partial charge < -0.3 is 19.9 Å². The molecule has 3 fully saturated rings. The van der Waals surface area contributed by atoms with Crippen LogP contribution >= 0.6 is 0 Å². The number of nitrogens with zero attached hydrogens (tertiary/aromatic N) is 3. The third-order valence-electron chi connectivity index (χ3n) is 6.26. The molecule has 3 atom stereocenters. The van der Waals surface area contributed by atoms with E-state index in [0.29, 0.717) is 6.04 Å². The minimum Gasteiger partial charge on any atom is -0.444 e. The van der Waals surface area contributed by atoms with Gasteiger partial charge in [-0.15, -0.1) is 0 Å². The Labute approximate surface area is 165 Å². The van der Waals surface area contributed by atoms with Gasteiger partial charge in [-0.2, -0.15) is 0 Å². The third kappa shape index (κ3) is 6.06. The standard InChI is InChI=1S/C21H40N4O2/c1-17-6-5-9-23(15-17)16-18-7-8-22-14-19(18)24-10-12-25(13-11-24)20(26)27-21(2,3)4/h17-19,22H,5-16H2,1-4H3. The van der Waals surface area contributed by atoms with E-state index in [2.05, 4.69) is 22.0 Å². The molecule has 0 aliphatic carbocycles. The van der Waals surface area contributed by atoms with E-state index < -0.39 is 5.60 Å². The molecule has 0 spiro atoms. The second-order valence-corrected chi connectivity index (χ2v) is 9.83. The molecular weight excluding hydrogens is 340 g/mol. The number of hydrogen-bond acceptors (Lipinski definition) is 5. The second kappa shape index (κ2) is 9.10. The highest BCUT2D eigenvalue weighted by molar-refractivity contribution is 5.68. The summed E-state index contributed by atoms with van der Waals surface area (Å²) < 4.78 is 5.54. The lowest BCUT2D eigenvalue weighted by molar-refractivity contribution is 0.00119. The summed E-state index contributed by atoms with van der Waals surface area (Å²) in [6.45, 7) is 17.7. The van der Waals surface area contributed by atoms with Crippen molar-refractivity contribution < 1.29 is 9.53 Å². The molecule has 0 radical (unpaired) electrons. The highest BCUT2D eigenvalue weighted by atomic mass is 16.6. The summed E-state index contributed by atoms with van der Waals surface area (Å²) in [6.07, 6.45) is 3.84. The first-order valence-corrected chi connectivity index (χ1v) is 11.0. The number of amides is 1. The zero-order valence-electron chi connectivity index (χ0n) is 17.9. The molecule has 0 aromatic heterocycles. The Kier molecular flexibility index (Phi) is 7.03. The molecular formula is C21H40N4O2. The van der Waals surface area contributed by atoms with Crippen LogP contribution in [0.3, 0.4) is 0 Å². The number of hydrogen-bond donors (Lipinski definition) is 1. The largest absolute Gasteiger partial charge is 0.444 e. The number of carbonyl (C=O) groups excluding carboxylic acids is 1. The third-order valence-corrected chi connectivity index (χ3v) is 6.26. The quantitative estimate of drug-likeness (QED) is 0.814. The molecule has 3 heterocycles. The van der Waals surface area contributed by atoms with Gasteiger partial charge in [0.25, 0.3) is 0 Å². The first kappa shape index (κ1) is 20.9. The molecule has 6 nitrogen and oxygen atoms in total. The molecule has 3 aliphatic heterocycles. The van der Waals surface area contributed by atoms with Crippen LogP contribution in [0.1, 0.15) is 47.0 Å². The van der Waals surface area contributed by atoms with E-state index in [1.54, 1.807) is 0 Å². The number of likely N-dealkylation sites (tertiary alicyclic amines) is 1. The molecule has 156 valence electrons. The van der Waals surface area contributed by atoms with Crippen LogP contribution in [0.15, 0.2) is 0 Å². The number of piperazine rings is 1. The van der Waals surface area contributed by atoms with E-state index in [0.717, 1.165) is 51.1 Å². The summed E-state index contributed by atoms with van der Waals surface area (Å²) in [5.74, 6) is 1.58. The van der Waals surface area contributed by atoms with Gasteiger partial charge in [0.1, 0.15) is 5.60 Å². The van der Waals surface area contributed by atoms with Gasteiger partial charge in [-0.05, 0) is 65.0 Å². The smallest absolute Gasteiger partial charge is 0.410 e. The van der Waals surface area contributed by atoms with Crippen molar-refractivity contribution in [2.75, 3.05) is 58.9 Å². The fraction of sp³-hybridized carbons (Fsp3) is 0.952. The summed E-state index contributed by atoms with van der Waals surface area (Å²) in [6, 6.07) is 0.594. The van der Waals surface area contributed by atoms with Crippen LogP contribution in [0.4, 0.5) is 4.79 Å². The molecule has 3 rings (SSSR count). The van der Waals surface area contributed by atoms with Crippen molar-refractivity contribution in [1.29, 1.82) is 0 Å². The molecule has 0 aromatic carbocycles. The summed E-state index contributed by atoms with van der Waals surface area (Å²) >= 11 is 0. The number of ether oxygens (including phenoxy) is 1. The van der Waals surface area contributed by atoms with Crippen LogP contribution < -0.4 is 5.32 Å². The molecule has 6 heteroatoms. The van der Waals surface area contributed by atoms with E-state index in [9.17, 15) is 4.79 Å². The molecule has 3 aliphatic rings. The Morgan fingerprint density at radius 1 is 1.11 bits per heavy atom. The summed E-state index contributed by atoms with van der Waals surface area (Å²) in [7, 11) is 0. The first-order valence-electron chi connectivity index (χ1n) is 11.0. The number of carbonyl (C=O) groups is 1. The molecule has 0 bridgehead atoms. The van der Waals surface area contributed by atoms with Gasteiger partial charge in [0, 0.05) is 51.9 Å². The maximum atomic E-state index is 12.3. The topological polar surface area (TPSA) is 48.0 Å². The lowest BCUT2D eigenvalue weighted by atomic mass is 9.89. The van der Waals surface area contributed by atoms with Gasteiger partial charge in [-0.1, -0.05) is 6.92 Å². The van der Waals surface area contributed by atoms with Crippen LogP contribution in [0.25, 0.3) is 0 Å². The highest BCUT2D eigenvalue weighted by Crippen LogP contribution is 2.24. The number of rotatable bonds is 3. The molecule has 1 amide bonds. The van der Waals surface area contributed by atoms with Crippen LogP contribution in [0.5, 0.6) is 0 Å². The predicted molar refractivity (Wildman–Crippen MR) is 109 cm³/mol. The Bertz CT molecular complexity index is 485. The van der Waals surface area contributed by atoms with Crippen molar-refractivity contribution in [1.82, 2.24) is 20.0 Å². The SMILES string of the molecule is CC1CCCN(CC2CCNCC2N2CCN(C(=O)OC(C)(C)C)CC2)C1. The van der Waals surface area contributed by atoms with Crippen LogP contribution in [0, 0.1) is 11.8 Å². The normalized spacial score (nSPS) is 31.7. The Morgan fingerprint density at radius 3 is 2.52 bits per heavy atom. The van der Waals surface area contributed by atoms with E-state index in [1.807, 2.05) is 25.7 Å². The van der Waals surface area contributed by atoms with Crippen LogP contribution in [0.2, 0.25) is 0 Å². The number of piperidine rings is 2. The average molecular weight is 381 g/mol. The number of nitrogens with one attached hydrogen (secondary N) is 1. The van der Waals surface area contributed by atoms with Crippen molar-refractivity contribution in [3.8, 4) is 0 Å². The first-order chi connectivity index (χ1) is 12.8. The maximum absolute atomic E-state index is 12.3. The second-order valence-electron chi connectivity index (χ2n) is 9.83. The molecule has 3 unspecified atom stereocenters. The van der Waals surface area contributed by atoms with Gasteiger partial charge in [-0.25, -0.2) is 4.79 Å². The average Bonchev–Trinajstić information content (AvgIpc) is 2.61. The predicted octanol–water partition coefficient (Wildman–Crippen LogP) is 2.25. The molecule has 1 N–H and O–H groups in total. The minimum absolute atomic E-state index is 0.164. The van der Waals surface area contributed by atoms with E-state index in [-0.39, 0.29) is 6.09 Å². The molecule has 27 heavy (non-hydrogen) atoms. The fourth-order valence-electron chi connectivity index (χ4n) is 4.88. The van der Waals surface area contributed by atoms with Crippen molar-refractivity contribution in [3.63, 3.8) is 0 Å². The summed E-state index contributed by atoms with van der Waals surface area (Å²) in [5, 5.41) is 3.61. The van der Waals surface area contributed by atoms with Gasteiger partial charge in [0.05, 0.1) is 0 Å². The van der Waals surface area contributed by atoms with E-state index in [4.69, 9.17) is 4.74 Å². The van der Waals surface area contributed by atoms with Gasteiger partial charge in [0.2, 0.25) is 0 Å². The van der Waals surface area contributed by atoms with Crippen LogP contribution in [-0.4, -0.2) is 91.3 Å². The zero-order chi connectivity index (χ0) is 19.4. The minimum atomic E-state index is -0.418. The van der Waals surface area contributed by atoms with Gasteiger partial charge >= 0.3 is 6.09 Å². The summed E-state index contributed by atoms with van der Waals surface area (Å²) in [5.41, 5.74) is -0.418. The monoisotopic (exact) mass is 380 g/mol. The maximum Gasteiger partial charge on any atom is 0.410 e. The van der Waals surface area contributed by atoms with Crippen molar-refractivity contribution in [3.05, 3.63) is 0 Å². The molecule has 3 saturated heterocycles. The highest BCUT2D eigenvalue weighted by Gasteiger charge is 2.35. The Balaban J connectivity index is 1.51.